The molecule has 6 nitrogen and oxygen atoms in total. The molecule has 29 heavy (non-hydrogen) atoms. The highest BCUT2D eigenvalue weighted by atomic mass is 35.5. The van der Waals surface area contributed by atoms with Gasteiger partial charge in [-0.2, -0.15) is 0 Å². The summed E-state index contributed by atoms with van der Waals surface area (Å²) in [5.74, 6) is 1.06. The lowest BCUT2D eigenvalue weighted by molar-refractivity contribution is 0.0856. The molecule has 2 fully saturated rings. The fourth-order valence-corrected chi connectivity index (χ4v) is 5.12. The Morgan fingerprint density at radius 3 is 2.97 bits per heavy atom. The molecule has 4 heterocycles. The molecule has 5 rings (SSSR count). The van der Waals surface area contributed by atoms with Gasteiger partial charge in [0.2, 0.25) is 0 Å². The first-order valence-electron chi connectivity index (χ1n) is 10.3. The molecule has 3 atom stereocenters. The molecule has 0 aliphatic carbocycles. The van der Waals surface area contributed by atoms with E-state index in [1.165, 1.54) is 12.1 Å². The van der Waals surface area contributed by atoms with Crippen molar-refractivity contribution in [3.8, 4) is 0 Å². The number of aromatic nitrogens is 1. The Hall–Kier alpha value is -2.31. The van der Waals surface area contributed by atoms with Crippen LogP contribution in [0, 0.1) is 0 Å². The van der Waals surface area contributed by atoms with Gasteiger partial charge in [0.1, 0.15) is 0 Å². The Morgan fingerprint density at radius 1 is 1.17 bits per heavy atom. The molecule has 0 spiro atoms. The van der Waals surface area contributed by atoms with Crippen LogP contribution in [0.2, 0.25) is 5.02 Å². The van der Waals surface area contributed by atoms with Crippen molar-refractivity contribution in [2.75, 3.05) is 36.9 Å². The lowest BCUT2D eigenvalue weighted by atomic mass is 9.99. The zero-order valence-corrected chi connectivity index (χ0v) is 17.3. The van der Waals surface area contributed by atoms with Crippen molar-refractivity contribution in [3.63, 3.8) is 0 Å². The topological polar surface area (TPSA) is 53.0 Å². The summed E-state index contributed by atoms with van der Waals surface area (Å²) < 4.78 is 0. The van der Waals surface area contributed by atoms with Gasteiger partial charge in [-0.25, -0.2) is 4.98 Å². The summed E-state index contributed by atoms with van der Waals surface area (Å²) in [6.45, 7) is 3.01. The van der Waals surface area contributed by atoms with Crippen LogP contribution in [0.3, 0.4) is 0 Å². The van der Waals surface area contributed by atoms with Crippen LogP contribution < -0.4 is 10.2 Å². The van der Waals surface area contributed by atoms with Crippen molar-refractivity contribution < 1.29 is 4.84 Å². The molecular weight excluding hydrogens is 386 g/mol. The second kappa shape index (κ2) is 7.84. The monoisotopic (exact) mass is 411 g/mol. The molecule has 3 aliphatic heterocycles. The minimum atomic E-state index is -0.0178. The van der Waals surface area contributed by atoms with Gasteiger partial charge in [-0.15, -0.1) is 0 Å². The molecule has 0 amide bonds. The highest BCUT2D eigenvalue weighted by Gasteiger charge is 2.42. The summed E-state index contributed by atoms with van der Waals surface area (Å²) in [6.07, 6.45) is 5.03. The summed E-state index contributed by atoms with van der Waals surface area (Å²) in [7, 11) is 1.96. The third-order valence-corrected chi connectivity index (χ3v) is 6.59. The van der Waals surface area contributed by atoms with E-state index >= 15 is 0 Å². The Labute approximate surface area is 176 Å². The second-order valence-corrected chi connectivity index (χ2v) is 8.43. The van der Waals surface area contributed by atoms with Crippen molar-refractivity contribution in [1.82, 2.24) is 9.88 Å². The summed E-state index contributed by atoms with van der Waals surface area (Å²) >= 11 is 6.15. The molecule has 0 saturated carbocycles. The van der Waals surface area contributed by atoms with E-state index in [4.69, 9.17) is 16.4 Å². The molecule has 2 aromatic rings. The first-order valence-corrected chi connectivity index (χ1v) is 10.7. The van der Waals surface area contributed by atoms with Crippen LogP contribution in [0.15, 0.2) is 47.8 Å². The maximum Gasteiger partial charge on any atom is 0.158 e. The summed E-state index contributed by atoms with van der Waals surface area (Å²) in [5, 5.41) is 8.51. The molecule has 3 aliphatic rings. The van der Waals surface area contributed by atoms with Gasteiger partial charge in [0.15, 0.2) is 11.9 Å². The molecule has 1 aromatic heterocycles. The molecule has 152 valence electrons. The highest BCUT2D eigenvalue weighted by Crippen LogP contribution is 2.36. The highest BCUT2D eigenvalue weighted by molar-refractivity contribution is 6.30. The number of nitrogens with zero attached hydrogens (tertiary/aromatic N) is 4. The standard InChI is InChI=1S/C22H26ClN5O/c1-24-18-6-3-9-25-22(18)27-10-11-28-17(14-27)7-8-20(28)19-13-21(29-26-19)15-4-2-5-16(23)12-15/h2-6,9,12,17,20-21,24H,7-8,10-11,13-14H2,1H3. The molecule has 2 saturated heterocycles. The number of hydrogen-bond donors (Lipinski definition) is 1. The lowest BCUT2D eigenvalue weighted by Crippen LogP contribution is -2.54. The fourth-order valence-electron chi connectivity index (χ4n) is 4.93. The normalized spacial score (nSPS) is 26.8. The van der Waals surface area contributed by atoms with Crippen molar-refractivity contribution in [2.24, 2.45) is 5.16 Å². The zero-order chi connectivity index (χ0) is 19.8. The zero-order valence-electron chi connectivity index (χ0n) is 16.6. The number of fused-ring (bicyclic) bond motifs is 1. The summed E-state index contributed by atoms with van der Waals surface area (Å²) in [6, 6.07) is 12.9. The number of nitrogens with one attached hydrogen (secondary N) is 1. The molecule has 1 aromatic carbocycles. The molecule has 0 bridgehead atoms. The first-order chi connectivity index (χ1) is 14.2. The number of benzene rings is 1. The van der Waals surface area contributed by atoms with Crippen LogP contribution in [0.4, 0.5) is 11.5 Å². The lowest BCUT2D eigenvalue weighted by Gasteiger charge is -2.40. The predicted octanol–water partition coefficient (Wildman–Crippen LogP) is 3.95. The number of halogens is 1. The third kappa shape index (κ3) is 3.55. The number of rotatable bonds is 4. The molecule has 1 N–H and O–H groups in total. The molecule has 0 radical (unpaired) electrons. The van der Waals surface area contributed by atoms with Crippen molar-refractivity contribution in [3.05, 3.63) is 53.2 Å². The van der Waals surface area contributed by atoms with Crippen LogP contribution in [0.1, 0.15) is 30.9 Å². The first kappa shape index (κ1) is 18.7. The van der Waals surface area contributed by atoms with E-state index in [1.54, 1.807) is 0 Å². The van der Waals surface area contributed by atoms with E-state index < -0.39 is 0 Å². The number of oxime groups is 1. The third-order valence-electron chi connectivity index (χ3n) is 6.35. The Bertz CT molecular complexity index is 920. The maximum absolute atomic E-state index is 6.15. The van der Waals surface area contributed by atoms with Crippen molar-refractivity contribution >= 4 is 28.8 Å². The summed E-state index contributed by atoms with van der Waals surface area (Å²) in [4.78, 5) is 15.5. The van der Waals surface area contributed by atoms with Gasteiger partial charge in [-0.3, -0.25) is 4.90 Å². The van der Waals surface area contributed by atoms with E-state index in [1.807, 2.05) is 37.5 Å². The van der Waals surface area contributed by atoms with E-state index in [2.05, 4.69) is 37.4 Å². The quantitative estimate of drug-likeness (QED) is 0.825. The van der Waals surface area contributed by atoms with Crippen LogP contribution in [0.25, 0.3) is 0 Å². The average molecular weight is 412 g/mol. The van der Waals surface area contributed by atoms with Crippen LogP contribution in [-0.2, 0) is 4.84 Å². The molecular formula is C22H26ClN5O. The number of pyridine rings is 1. The van der Waals surface area contributed by atoms with Crippen molar-refractivity contribution in [1.29, 1.82) is 0 Å². The van der Waals surface area contributed by atoms with E-state index in [-0.39, 0.29) is 6.10 Å². The number of piperazine rings is 1. The van der Waals surface area contributed by atoms with Gasteiger partial charge in [-0.1, -0.05) is 28.9 Å². The van der Waals surface area contributed by atoms with E-state index in [0.29, 0.717) is 12.1 Å². The van der Waals surface area contributed by atoms with Gasteiger partial charge in [-0.05, 0) is 42.7 Å². The van der Waals surface area contributed by atoms with Gasteiger partial charge in [0.25, 0.3) is 0 Å². The van der Waals surface area contributed by atoms with E-state index in [9.17, 15) is 0 Å². The fraction of sp³-hybridized carbons (Fsp3) is 0.455. The molecule has 7 heteroatoms. The largest absolute Gasteiger partial charge is 0.387 e. The van der Waals surface area contributed by atoms with Crippen LogP contribution >= 0.6 is 11.6 Å². The maximum atomic E-state index is 6.15. The Kier molecular flexibility index (Phi) is 5.06. The van der Waals surface area contributed by atoms with Gasteiger partial charge < -0.3 is 15.1 Å². The van der Waals surface area contributed by atoms with Gasteiger partial charge >= 0.3 is 0 Å². The predicted molar refractivity (Wildman–Crippen MR) is 117 cm³/mol. The Balaban J connectivity index is 1.25. The minimum Gasteiger partial charge on any atom is -0.387 e. The summed E-state index contributed by atoms with van der Waals surface area (Å²) in [5.41, 5.74) is 3.37. The van der Waals surface area contributed by atoms with Gasteiger partial charge in [0.05, 0.1) is 17.4 Å². The van der Waals surface area contributed by atoms with Crippen LogP contribution in [0.5, 0.6) is 0 Å². The van der Waals surface area contributed by atoms with Gasteiger partial charge in [0, 0.05) is 50.4 Å². The number of hydrogen-bond acceptors (Lipinski definition) is 6. The van der Waals surface area contributed by atoms with Crippen molar-refractivity contribution in [2.45, 2.75) is 37.5 Å². The SMILES string of the molecule is CNc1cccnc1N1CCN2C(CCC2C2=NOC(c3cccc(Cl)c3)C2)C1. The molecule has 3 unspecified atom stereocenters. The Morgan fingerprint density at radius 2 is 2.10 bits per heavy atom. The second-order valence-electron chi connectivity index (χ2n) is 7.99. The van der Waals surface area contributed by atoms with E-state index in [0.717, 1.165) is 54.6 Å². The smallest absolute Gasteiger partial charge is 0.158 e. The number of anilines is 2. The minimum absolute atomic E-state index is 0.0178. The average Bonchev–Trinajstić information content (AvgIpc) is 3.40. The van der Waals surface area contributed by atoms with Crippen LogP contribution in [-0.4, -0.2) is 54.4 Å².